The van der Waals surface area contributed by atoms with Crippen LogP contribution < -0.4 is 10.5 Å². The van der Waals surface area contributed by atoms with E-state index in [0.29, 0.717) is 6.61 Å². The van der Waals surface area contributed by atoms with Gasteiger partial charge in [-0.1, -0.05) is 12.1 Å². The number of hydrogen-bond acceptors (Lipinski definition) is 3. The Hall–Kier alpha value is -1.06. The summed E-state index contributed by atoms with van der Waals surface area (Å²) >= 11 is 0. The van der Waals surface area contributed by atoms with Gasteiger partial charge in [0.15, 0.2) is 0 Å². The van der Waals surface area contributed by atoms with Crippen LogP contribution in [0.1, 0.15) is 24.9 Å². The molecule has 2 N–H and O–H groups in total. The summed E-state index contributed by atoms with van der Waals surface area (Å²) < 4.78 is 11.0. The van der Waals surface area contributed by atoms with Gasteiger partial charge in [0, 0.05) is 12.5 Å². The Kier molecular flexibility index (Phi) is 3.23. The summed E-state index contributed by atoms with van der Waals surface area (Å²) in [6.45, 7) is 3.48. The minimum absolute atomic E-state index is 0.0777. The van der Waals surface area contributed by atoms with E-state index in [1.54, 1.807) is 0 Å². The van der Waals surface area contributed by atoms with Crippen LogP contribution in [0.2, 0.25) is 0 Å². The lowest BCUT2D eigenvalue weighted by atomic mass is 10.1. The molecule has 1 fully saturated rings. The second kappa shape index (κ2) is 4.64. The predicted molar refractivity (Wildman–Crippen MR) is 58.9 cm³/mol. The van der Waals surface area contributed by atoms with Crippen LogP contribution in [0.15, 0.2) is 24.3 Å². The SMILES string of the molecule is C[C@@H](N)c1ccc(OC2CCOC2)cc1. The first-order chi connectivity index (χ1) is 7.25. The van der Waals surface area contributed by atoms with Gasteiger partial charge >= 0.3 is 0 Å². The summed E-state index contributed by atoms with van der Waals surface area (Å²) in [7, 11) is 0. The van der Waals surface area contributed by atoms with Gasteiger partial charge in [0.25, 0.3) is 0 Å². The van der Waals surface area contributed by atoms with Crippen LogP contribution in [-0.2, 0) is 4.74 Å². The van der Waals surface area contributed by atoms with Crippen LogP contribution in [0, 0.1) is 0 Å². The molecular formula is C12H17NO2. The van der Waals surface area contributed by atoms with Gasteiger partial charge in [0.1, 0.15) is 11.9 Å². The van der Waals surface area contributed by atoms with Gasteiger partial charge in [-0.25, -0.2) is 0 Å². The van der Waals surface area contributed by atoms with Crippen molar-refractivity contribution in [1.29, 1.82) is 0 Å². The van der Waals surface area contributed by atoms with Crippen molar-refractivity contribution in [3.8, 4) is 5.75 Å². The van der Waals surface area contributed by atoms with E-state index in [0.717, 1.165) is 24.3 Å². The first kappa shape index (κ1) is 10.5. The smallest absolute Gasteiger partial charge is 0.124 e. The highest BCUT2D eigenvalue weighted by molar-refractivity contribution is 5.28. The first-order valence-corrected chi connectivity index (χ1v) is 5.35. The molecule has 1 saturated heterocycles. The summed E-state index contributed by atoms with van der Waals surface area (Å²) in [4.78, 5) is 0. The summed E-state index contributed by atoms with van der Waals surface area (Å²) in [5.74, 6) is 0.898. The van der Waals surface area contributed by atoms with Crippen molar-refractivity contribution in [1.82, 2.24) is 0 Å². The Morgan fingerprint density at radius 3 is 2.67 bits per heavy atom. The third kappa shape index (κ3) is 2.70. The molecule has 1 unspecified atom stereocenters. The molecule has 1 aliphatic heterocycles. The Labute approximate surface area is 90.2 Å². The van der Waals surface area contributed by atoms with Crippen molar-refractivity contribution in [2.24, 2.45) is 5.73 Å². The van der Waals surface area contributed by atoms with E-state index < -0.39 is 0 Å². The molecule has 0 radical (unpaired) electrons. The van der Waals surface area contributed by atoms with Crippen LogP contribution in [0.3, 0.4) is 0 Å². The highest BCUT2D eigenvalue weighted by Crippen LogP contribution is 2.19. The molecule has 82 valence electrons. The number of ether oxygens (including phenoxy) is 2. The zero-order valence-corrected chi connectivity index (χ0v) is 8.98. The van der Waals surface area contributed by atoms with E-state index in [-0.39, 0.29) is 12.1 Å². The maximum Gasteiger partial charge on any atom is 0.124 e. The van der Waals surface area contributed by atoms with Crippen molar-refractivity contribution in [3.05, 3.63) is 29.8 Å². The molecule has 2 atom stereocenters. The van der Waals surface area contributed by atoms with Gasteiger partial charge in [-0.15, -0.1) is 0 Å². The second-order valence-electron chi connectivity index (χ2n) is 3.96. The normalized spacial score (nSPS) is 22.7. The van der Waals surface area contributed by atoms with Gasteiger partial charge in [-0.3, -0.25) is 0 Å². The number of benzene rings is 1. The molecule has 0 saturated carbocycles. The van der Waals surface area contributed by atoms with Gasteiger partial charge in [-0.2, -0.15) is 0 Å². The average molecular weight is 207 g/mol. The van der Waals surface area contributed by atoms with Crippen LogP contribution in [0.4, 0.5) is 0 Å². The molecule has 1 heterocycles. The van der Waals surface area contributed by atoms with Crippen molar-refractivity contribution < 1.29 is 9.47 Å². The summed E-state index contributed by atoms with van der Waals surface area (Å²) in [5.41, 5.74) is 6.90. The zero-order valence-electron chi connectivity index (χ0n) is 8.98. The van der Waals surface area contributed by atoms with E-state index in [1.165, 1.54) is 0 Å². The molecule has 1 aromatic rings. The summed E-state index contributed by atoms with van der Waals surface area (Å²) in [5, 5.41) is 0. The average Bonchev–Trinajstić information content (AvgIpc) is 2.71. The van der Waals surface area contributed by atoms with Gasteiger partial charge in [-0.05, 0) is 24.6 Å². The first-order valence-electron chi connectivity index (χ1n) is 5.35. The fourth-order valence-corrected chi connectivity index (χ4v) is 1.65. The molecule has 3 nitrogen and oxygen atoms in total. The fourth-order valence-electron chi connectivity index (χ4n) is 1.65. The third-order valence-corrected chi connectivity index (χ3v) is 2.60. The molecule has 3 heteroatoms. The molecule has 0 aliphatic carbocycles. The Balaban J connectivity index is 1.97. The fraction of sp³-hybridized carbons (Fsp3) is 0.500. The standard InChI is InChI=1S/C12H17NO2/c1-9(13)10-2-4-11(5-3-10)15-12-6-7-14-8-12/h2-5,9,12H,6-8,13H2,1H3/t9-,12?/m1/s1. The summed E-state index contributed by atoms with van der Waals surface area (Å²) in [6.07, 6.45) is 1.20. The Morgan fingerprint density at radius 2 is 2.13 bits per heavy atom. The van der Waals surface area contributed by atoms with Crippen molar-refractivity contribution in [3.63, 3.8) is 0 Å². The Morgan fingerprint density at radius 1 is 1.40 bits per heavy atom. The lowest BCUT2D eigenvalue weighted by Crippen LogP contribution is -2.15. The molecule has 2 rings (SSSR count). The zero-order chi connectivity index (χ0) is 10.7. The third-order valence-electron chi connectivity index (χ3n) is 2.60. The lowest BCUT2D eigenvalue weighted by Gasteiger charge is -2.12. The molecule has 15 heavy (non-hydrogen) atoms. The molecule has 0 spiro atoms. The number of nitrogens with two attached hydrogens (primary N) is 1. The van der Waals surface area contributed by atoms with Crippen molar-refractivity contribution in [2.45, 2.75) is 25.5 Å². The molecule has 0 aromatic heterocycles. The highest BCUT2D eigenvalue weighted by Gasteiger charge is 2.16. The van der Waals surface area contributed by atoms with E-state index in [1.807, 2.05) is 31.2 Å². The molecule has 1 aliphatic rings. The van der Waals surface area contributed by atoms with Crippen LogP contribution >= 0.6 is 0 Å². The Bertz CT molecular complexity index is 302. The van der Waals surface area contributed by atoms with Gasteiger partial charge < -0.3 is 15.2 Å². The van der Waals surface area contributed by atoms with Crippen molar-refractivity contribution in [2.75, 3.05) is 13.2 Å². The minimum Gasteiger partial charge on any atom is -0.488 e. The molecule has 1 aromatic carbocycles. The second-order valence-corrected chi connectivity index (χ2v) is 3.96. The van der Waals surface area contributed by atoms with E-state index in [2.05, 4.69) is 0 Å². The van der Waals surface area contributed by atoms with Gasteiger partial charge in [0.05, 0.1) is 13.2 Å². The minimum atomic E-state index is 0.0777. The highest BCUT2D eigenvalue weighted by atomic mass is 16.5. The van der Waals surface area contributed by atoms with E-state index in [9.17, 15) is 0 Å². The lowest BCUT2D eigenvalue weighted by molar-refractivity contribution is 0.141. The van der Waals surface area contributed by atoms with Crippen LogP contribution in [0.25, 0.3) is 0 Å². The quantitative estimate of drug-likeness (QED) is 0.823. The maximum atomic E-state index is 5.77. The molecular weight excluding hydrogens is 190 g/mol. The van der Waals surface area contributed by atoms with Gasteiger partial charge in [0.2, 0.25) is 0 Å². The predicted octanol–water partition coefficient (Wildman–Crippen LogP) is 1.87. The van der Waals surface area contributed by atoms with Crippen LogP contribution in [-0.4, -0.2) is 19.3 Å². The number of rotatable bonds is 3. The monoisotopic (exact) mass is 207 g/mol. The molecule has 0 bridgehead atoms. The van der Waals surface area contributed by atoms with E-state index >= 15 is 0 Å². The largest absolute Gasteiger partial charge is 0.488 e. The summed E-state index contributed by atoms with van der Waals surface area (Å²) in [6, 6.07) is 8.04. The number of hydrogen-bond donors (Lipinski definition) is 1. The topological polar surface area (TPSA) is 44.5 Å². The van der Waals surface area contributed by atoms with Crippen LogP contribution in [0.5, 0.6) is 5.75 Å². The molecule has 0 amide bonds. The van der Waals surface area contributed by atoms with Crippen molar-refractivity contribution >= 4 is 0 Å². The van der Waals surface area contributed by atoms with E-state index in [4.69, 9.17) is 15.2 Å². The maximum absolute atomic E-state index is 5.77.